The van der Waals surface area contributed by atoms with E-state index in [9.17, 15) is 34.8 Å². The first-order chi connectivity index (χ1) is 18.7. The number of benzene rings is 2. The van der Waals surface area contributed by atoms with Crippen LogP contribution in [0.15, 0.2) is 59.8 Å². The number of halogens is 7. The highest BCUT2D eigenvalue weighted by Crippen LogP contribution is 2.39. The molecule has 0 saturated carbocycles. The molecule has 1 saturated heterocycles. The van der Waals surface area contributed by atoms with Crippen LogP contribution in [0.1, 0.15) is 12.5 Å². The lowest BCUT2D eigenvalue weighted by Gasteiger charge is -2.42. The Morgan fingerprint density at radius 1 is 0.975 bits per heavy atom. The van der Waals surface area contributed by atoms with E-state index in [4.69, 9.17) is 11.6 Å². The molecule has 0 amide bonds. The Balaban J connectivity index is 1.60. The van der Waals surface area contributed by atoms with Gasteiger partial charge in [0.15, 0.2) is 11.6 Å². The highest BCUT2D eigenvalue weighted by atomic mass is 35.5. The van der Waals surface area contributed by atoms with E-state index in [0.29, 0.717) is 11.0 Å². The van der Waals surface area contributed by atoms with Gasteiger partial charge in [-0.2, -0.15) is 25.7 Å². The van der Waals surface area contributed by atoms with Crippen LogP contribution in [0, 0.1) is 5.82 Å². The number of hydrogen-bond donors (Lipinski definition) is 0. The molecule has 3 heterocycles. The van der Waals surface area contributed by atoms with Crippen molar-refractivity contribution < 1.29 is 34.8 Å². The molecule has 5 rings (SSSR count). The van der Waals surface area contributed by atoms with Gasteiger partial charge >= 0.3 is 6.18 Å². The Labute approximate surface area is 228 Å². The summed E-state index contributed by atoms with van der Waals surface area (Å²) >= 11 is 6.36. The Morgan fingerprint density at radius 2 is 1.62 bits per heavy atom. The fraction of sp³-hybridized carbons (Fsp3) is 0.292. The van der Waals surface area contributed by atoms with Gasteiger partial charge in [-0.25, -0.2) is 23.1 Å². The monoisotopic (exact) mass is 604 g/mol. The highest BCUT2D eigenvalue weighted by molar-refractivity contribution is 7.90. The molecule has 1 fully saturated rings. The maximum absolute atomic E-state index is 14.4. The van der Waals surface area contributed by atoms with Crippen molar-refractivity contribution in [3.05, 3.63) is 71.3 Å². The zero-order valence-electron chi connectivity index (χ0n) is 20.4. The first-order valence-electron chi connectivity index (χ1n) is 11.6. The Hall–Kier alpha value is -3.59. The van der Waals surface area contributed by atoms with E-state index >= 15 is 0 Å². The minimum atomic E-state index is -4.81. The van der Waals surface area contributed by atoms with Gasteiger partial charge in [-0.3, -0.25) is 0 Å². The fourth-order valence-corrected chi connectivity index (χ4v) is 5.98. The number of piperazine rings is 1. The number of alkyl halides is 5. The van der Waals surface area contributed by atoms with Crippen molar-refractivity contribution >= 4 is 44.3 Å². The molecule has 0 unspecified atom stereocenters. The van der Waals surface area contributed by atoms with Gasteiger partial charge in [-0.15, -0.1) is 5.10 Å². The summed E-state index contributed by atoms with van der Waals surface area (Å²) in [6.45, 7) is -0.322. The van der Waals surface area contributed by atoms with Crippen molar-refractivity contribution in [2.45, 2.75) is 30.0 Å². The number of rotatable bonds is 5. The van der Waals surface area contributed by atoms with Gasteiger partial charge in [0.05, 0.1) is 39.8 Å². The van der Waals surface area contributed by atoms with Crippen LogP contribution in [0.3, 0.4) is 0 Å². The van der Waals surface area contributed by atoms with Crippen molar-refractivity contribution in [2.24, 2.45) is 0 Å². The molecule has 0 radical (unpaired) electrons. The second-order valence-corrected chi connectivity index (χ2v) is 11.3. The summed E-state index contributed by atoms with van der Waals surface area (Å²) in [4.78, 5) is 9.25. The van der Waals surface area contributed by atoms with Crippen molar-refractivity contribution in [2.75, 3.05) is 29.4 Å². The normalized spacial score (nSPS) is 17.1. The van der Waals surface area contributed by atoms with Crippen LogP contribution in [-0.2, 0) is 15.9 Å². The molecule has 212 valence electrons. The van der Waals surface area contributed by atoms with Crippen LogP contribution in [-0.4, -0.2) is 59.4 Å². The summed E-state index contributed by atoms with van der Waals surface area (Å²) in [5.74, 6) is -4.40. The van der Waals surface area contributed by atoms with Gasteiger partial charge in [0.25, 0.3) is 15.9 Å². The predicted molar refractivity (Wildman–Crippen MR) is 135 cm³/mol. The zero-order valence-corrected chi connectivity index (χ0v) is 22.0. The number of nitrogens with zero attached hydrogens (tertiary/aromatic N) is 6. The SMILES string of the molecule is CC(F)(F)c1ccc(S(=O)(=O)n2nc(N3CCN(c4ncc(F)cn4)C[C@@H]3C(F)(F)F)c3c(Cl)cccc32)cc1. The number of aromatic nitrogens is 4. The van der Waals surface area contributed by atoms with Crippen LogP contribution < -0.4 is 9.80 Å². The van der Waals surface area contributed by atoms with Crippen molar-refractivity contribution in [1.29, 1.82) is 0 Å². The largest absolute Gasteiger partial charge is 0.410 e. The molecule has 2 aromatic heterocycles. The van der Waals surface area contributed by atoms with Gasteiger partial charge < -0.3 is 9.80 Å². The second kappa shape index (κ2) is 9.80. The zero-order chi connectivity index (χ0) is 29.0. The van der Waals surface area contributed by atoms with Crippen LogP contribution >= 0.6 is 11.6 Å². The average Bonchev–Trinajstić information content (AvgIpc) is 3.30. The first-order valence-corrected chi connectivity index (χ1v) is 13.5. The third kappa shape index (κ3) is 5.03. The molecule has 4 aromatic rings. The molecule has 1 aliphatic heterocycles. The molecular formula is C24H19ClF6N6O2S. The van der Waals surface area contributed by atoms with E-state index in [-0.39, 0.29) is 40.8 Å². The number of anilines is 2. The summed E-state index contributed by atoms with van der Waals surface area (Å²) in [6.07, 6.45) is -3.13. The maximum atomic E-state index is 14.4. The summed E-state index contributed by atoms with van der Waals surface area (Å²) in [6, 6.07) is 5.77. The quantitative estimate of drug-likeness (QED) is 0.289. The second-order valence-electron chi connectivity index (χ2n) is 9.12. The number of fused-ring (bicyclic) bond motifs is 1. The Kier molecular flexibility index (Phi) is 6.85. The summed E-state index contributed by atoms with van der Waals surface area (Å²) < 4.78 is 111. The topological polar surface area (TPSA) is 84.2 Å². The molecule has 1 atom stereocenters. The van der Waals surface area contributed by atoms with Gasteiger partial charge in [0.2, 0.25) is 5.95 Å². The van der Waals surface area contributed by atoms with Crippen LogP contribution in [0.2, 0.25) is 5.02 Å². The van der Waals surface area contributed by atoms with Gasteiger partial charge in [0.1, 0.15) is 6.04 Å². The summed E-state index contributed by atoms with van der Waals surface area (Å²) in [5, 5.41) is 4.01. The molecule has 0 aliphatic carbocycles. The van der Waals surface area contributed by atoms with Gasteiger partial charge in [-0.05, 0) is 24.3 Å². The molecule has 40 heavy (non-hydrogen) atoms. The summed E-state index contributed by atoms with van der Waals surface area (Å²) in [5.41, 5.74) is -0.519. The molecule has 8 nitrogen and oxygen atoms in total. The molecule has 1 aliphatic rings. The molecule has 0 N–H and O–H groups in total. The minimum absolute atomic E-state index is 0.0313. The molecule has 16 heteroatoms. The molecule has 0 spiro atoms. The fourth-order valence-electron chi connectivity index (χ4n) is 4.45. The van der Waals surface area contributed by atoms with Crippen LogP contribution in [0.4, 0.5) is 38.1 Å². The van der Waals surface area contributed by atoms with E-state index in [1.54, 1.807) is 0 Å². The van der Waals surface area contributed by atoms with E-state index in [1.807, 2.05) is 0 Å². The minimum Gasteiger partial charge on any atom is -0.339 e. The van der Waals surface area contributed by atoms with E-state index in [0.717, 1.165) is 41.6 Å². The van der Waals surface area contributed by atoms with Gasteiger partial charge in [0, 0.05) is 25.6 Å². The number of hydrogen-bond acceptors (Lipinski definition) is 7. The maximum Gasteiger partial charge on any atom is 0.410 e. The van der Waals surface area contributed by atoms with E-state index < -0.39 is 51.0 Å². The first kappa shape index (κ1) is 28.0. The third-order valence-electron chi connectivity index (χ3n) is 6.41. The lowest BCUT2D eigenvalue weighted by Crippen LogP contribution is -2.60. The van der Waals surface area contributed by atoms with Crippen LogP contribution in [0.5, 0.6) is 0 Å². The van der Waals surface area contributed by atoms with E-state index in [2.05, 4.69) is 15.1 Å². The summed E-state index contributed by atoms with van der Waals surface area (Å²) in [7, 11) is -4.55. The van der Waals surface area contributed by atoms with E-state index in [1.165, 1.54) is 23.1 Å². The average molecular weight is 605 g/mol. The standard InChI is InChI=1S/C24H19ClF6N6O2S/c1-23(27,28)14-5-7-16(8-6-14)40(38,39)37-18-4-2-3-17(25)20(18)21(34-37)36-10-9-35(13-19(36)24(29,30)31)22-32-11-15(26)12-33-22/h2-8,11-12,19H,9-10,13H2,1H3/t19-/m1/s1. The highest BCUT2D eigenvalue weighted by Gasteiger charge is 2.48. The lowest BCUT2D eigenvalue weighted by atomic mass is 10.1. The molecule has 0 bridgehead atoms. The van der Waals surface area contributed by atoms with Crippen molar-refractivity contribution in [3.8, 4) is 0 Å². The van der Waals surface area contributed by atoms with Crippen LogP contribution in [0.25, 0.3) is 10.9 Å². The Morgan fingerprint density at radius 3 is 2.23 bits per heavy atom. The van der Waals surface area contributed by atoms with Crippen molar-refractivity contribution in [3.63, 3.8) is 0 Å². The van der Waals surface area contributed by atoms with Crippen molar-refractivity contribution in [1.82, 2.24) is 19.2 Å². The smallest absolute Gasteiger partial charge is 0.339 e. The van der Waals surface area contributed by atoms with Gasteiger partial charge in [-0.1, -0.05) is 29.8 Å². The molecular weight excluding hydrogens is 586 g/mol. The lowest BCUT2D eigenvalue weighted by molar-refractivity contribution is -0.148. The Bertz CT molecular complexity index is 1660. The predicted octanol–water partition coefficient (Wildman–Crippen LogP) is 5.23. The third-order valence-corrected chi connectivity index (χ3v) is 8.33. The molecule has 2 aromatic carbocycles.